The van der Waals surface area contributed by atoms with E-state index < -0.39 is 0 Å². The van der Waals surface area contributed by atoms with Crippen molar-refractivity contribution in [2.24, 2.45) is 5.92 Å². The number of nitrogens with zero attached hydrogens (tertiary/aromatic N) is 3. The molecule has 1 atom stereocenters. The Hall–Kier alpha value is -2.21. The molecule has 1 aliphatic heterocycles. The number of rotatable bonds is 5. The Morgan fingerprint density at radius 1 is 1.15 bits per heavy atom. The number of likely N-dealkylation sites (tertiary alicyclic amines) is 1. The molecule has 0 aliphatic carbocycles. The molecular weight excluding hydrogens is 328 g/mol. The maximum Gasteiger partial charge on any atom is 0.247 e. The first-order chi connectivity index (χ1) is 12.4. The molecule has 0 saturated carbocycles. The summed E-state index contributed by atoms with van der Waals surface area (Å²) in [5, 5.41) is 11.5. The average Bonchev–Trinajstić information content (AvgIpc) is 3.11. The van der Waals surface area contributed by atoms with Crippen molar-refractivity contribution >= 4 is 5.91 Å². The van der Waals surface area contributed by atoms with Gasteiger partial charge in [0.1, 0.15) is 0 Å². The second kappa shape index (κ2) is 7.99. The van der Waals surface area contributed by atoms with Crippen molar-refractivity contribution in [1.82, 2.24) is 20.4 Å². The minimum Gasteiger partial charge on any atom is -0.419 e. The van der Waals surface area contributed by atoms with Gasteiger partial charge in [0.15, 0.2) is 0 Å². The van der Waals surface area contributed by atoms with E-state index in [1.165, 1.54) is 5.56 Å². The van der Waals surface area contributed by atoms with E-state index in [9.17, 15) is 4.79 Å². The second-order valence-electron chi connectivity index (χ2n) is 7.46. The van der Waals surface area contributed by atoms with Crippen molar-refractivity contribution in [1.29, 1.82) is 0 Å². The van der Waals surface area contributed by atoms with E-state index in [0.29, 0.717) is 11.8 Å². The van der Waals surface area contributed by atoms with Crippen LogP contribution < -0.4 is 5.32 Å². The fraction of sp³-hybridized carbons (Fsp3) is 0.550. The second-order valence-corrected chi connectivity index (χ2v) is 7.46. The van der Waals surface area contributed by atoms with E-state index in [0.717, 1.165) is 31.5 Å². The van der Waals surface area contributed by atoms with Crippen LogP contribution in [0.5, 0.6) is 0 Å². The highest BCUT2D eigenvalue weighted by Crippen LogP contribution is 2.28. The smallest absolute Gasteiger partial charge is 0.247 e. The molecule has 0 spiro atoms. The van der Waals surface area contributed by atoms with Gasteiger partial charge in [0.05, 0.1) is 6.04 Å². The number of carbonyl (C=O) groups is 1. The highest BCUT2D eigenvalue weighted by molar-refractivity contribution is 5.79. The molecule has 2 heterocycles. The number of piperidine rings is 1. The summed E-state index contributed by atoms with van der Waals surface area (Å²) in [6.45, 7) is 9.85. The molecule has 1 N–H and O–H groups in total. The lowest BCUT2D eigenvalue weighted by molar-refractivity contribution is -0.127. The van der Waals surface area contributed by atoms with Crippen LogP contribution in [0.1, 0.15) is 51.1 Å². The minimum atomic E-state index is 0.0517. The van der Waals surface area contributed by atoms with E-state index in [2.05, 4.69) is 34.3 Å². The number of hydrogen-bond donors (Lipinski definition) is 1. The zero-order valence-electron chi connectivity index (χ0n) is 16.0. The van der Waals surface area contributed by atoms with Crippen LogP contribution in [-0.4, -0.2) is 40.1 Å². The number of carbonyl (C=O) groups excluding carboxylic acids is 1. The van der Waals surface area contributed by atoms with Gasteiger partial charge in [0, 0.05) is 17.5 Å². The van der Waals surface area contributed by atoms with Crippen LogP contribution in [0.25, 0.3) is 11.5 Å². The molecule has 2 aromatic rings. The van der Waals surface area contributed by atoms with Crippen molar-refractivity contribution in [2.75, 3.05) is 13.1 Å². The lowest BCUT2D eigenvalue weighted by Gasteiger charge is -2.34. The van der Waals surface area contributed by atoms with Gasteiger partial charge in [-0.1, -0.05) is 17.7 Å². The van der Waals surface area contributed by atoms with Crippen LogP contribution in [0, 0.1) is 12.8 Å². The van der Waals surface area contributed by atoms with E-state index in [1.807, 2.05) is 38.1 Å². The predicted molar refractivity (Wildman–Crippen MR) is 100 cm³/mol. The Bertz CT molecular complexity index is 731. The van der Waals surface area contributed by atoms with Crippen molar-refractivity contribution in [3.63, 3.8) is 0 Å². The molecule has 6 nitrogen and oxygen atoms in total. The third-order valence-electron chi connectivity index (χ3n) is 4.98. The van der Waals surface area contributed by atoms with E-state index in [1.54, 1.807) is 0 Å². The van der Waals surface area contributed by atoms with Crippen LogP contribution in [0.15, 0.2) is 28.7 Å². The quantitative estimate of drug-likeness (QED) is 0.890. The van der Waals surface area contributed by atoms with Crippen LogP contribution in [0.2, 0.25) is 0 Å². The maximum atomic E-state index is 12.2. The third kappa shape index (κ3) is 4.30. The van der Waals surface area contributed by atoms with E-state index in [-0.39, 0.29) is 23.9 Å². The first-order valence-corrected chi connectivity index (χ1v) is 9.39. The lowest BCUT2D eigenvalue weighted by atomic mass is 9.94. The lowest BCUT2D eigenvalue weighted by Crippen LogP contribution is -2.43. The number of aryl methyl sites for hydroxylation is 1. The molecular formula is C20H28N4O2. The van der Waals surface area contributed by atoms with Crippen molar-refractivity contribution in [3.05, 3.63) is 35.7 Å². The SMILES string of the molecule is Cc1ccc(-c2nnc(C(C)N3CCC(C(=O)NC(C)C)CC3)o2)cc1. The Kier molecular flexibility index (Phi) is 5.71. The van der Waals surface area contributed by atoms with Gasteiger partial charge in [-0.2, -0.15) is 0 Å². The standard InChI is InChI=1S/C20H28N4O2/c1-13(2)21-18(25)16-9-11-24(12-10-16)15(4)19-22-23-20(26-19)17-7-5-14(3)6-8-17/h5-8,13,15-16H,9-12H2,1-4H3,(H,21,25). The molecule has 26 heavy (non-hydrogen) atoms. The first kappa shape index (κ1) is 18.6. The zero-order chi connectivity index (χ0) is 18.7. The third-order valence-corrected chi connectivity index (χ3v) is 4.98. The molecule has 3 rings (SSSR count). The highest BCUT2D eigenvalue weighted by atomic mass is 16.4. The summed E-state index contributed by atoms with van der Waals surface area (Å²) in [6, 6.07) is 8.31. The molecule has 1 aromatic heterocycles. The number of amides is 1. The van der Waals surface area contributed by atoms with Gasteiger partial charge in [-0.05, 0) is 65.8 Å². The summed E-state index contributed by atoms with van der Waals surface area (Å²) < 4.78 is 5.91. The average molecular weight is 356 g/mol. The summed E-state index contributed by atoms with van der Waals surface area (Å²) in [4.78, 5) is 14.5. The summed E-state index contributed by atoms with van der Waals surface area (Å²) in [7, 11) is 0. The molecule has 1 amide bonds. The number of hydrogen-bond acceptors (Lipinski definition) is 5. The van der Waals surface area contributed by atoms with Crippen LogP contribution in [-0.2, 0) is 4.79 Å². The number of nitrogens with one attached hydrogen (secondary N) is 1. The van der Waals surface area contributed by atoms with Crippen LogP contribution in [0.3, 0.4) is 0 Å². The van der Waals surface area contributed by atoms with Crippen LogP contribution in [0.4, 0.5) is 0 Å². The first-order valence-electron chi connectivity index (χ1n) is 9.39. The van der Waals surface area contributed by atoms with Gasteiger partial charge in [-0.15, -0.1) is 10.2 Å². The normalized spacial score (nSPS) is 17.4. The Labute approximate surface area is 155 Å². The van der Waals surface area contributed by atoms with E-state index >= 15 is 0 Å². The van der Waals surface area contributed by atoms with E-state index in [4.69, 9.17) is 4.42 Å². The Balaban J connectivity index is 1.60. The molecule has 1 unspecified atom stereocenters. The molecule has 0 bridgehead atoms. The number of benzene rings is 1. The molecule has 6 heteroatoms. The van der Waals surface area contributed by atoms with Gasteiger partial charge in [-0.3, -0.25) is 9.69 Å². The van der Waals surface area contributed by atoms with Crippen molar-refractivity contribution in [2.45, 2.75) is 52.6 Å². The summed E-state index contributed by atoms with van der Waals surface area (Å²) in [5.41, 5.74) is 2.14. The summed E-state index contributed by atoms with van der Waals surface area (Å²) >= 11 is 0. The molecule has 1 aromatic carbocycles. The maximum absolute atomic E-state index is 12.2. The Morgan fingerprint density at radius 3 is 2.42 bits per heavy atom. The van der Waals surface area contributed by atoms with Crippen molar-refractivity contribution < 1.29 is 9.21 Å². The fourth-order valence-corrected chi connectivity index (χ4v) is 3.32. The minimum absolute atomic E-state index is 0.0517. The summed E-state index contributed by atoms with van der Waals surface area (Å²) in [6.07, 6.45) is 1.73. The number of aromatic nitrogens is 2. The molecule has 1 fully saturated rings. The topological polar surface area (TPSA) is 71.3 Å². The molecule has 1 saturated heterocycles. The zero-order valence-corrected chi connectivity index (χ0v) is 16.0. The Morgan fingerprint density at radius 2 is 1.81 bits per heavy atom. The molecule has 1 aliphatic rings. The van der Waals surface area contributed by atoms with Gasteiger partial charge in [0.25, 0.3) is 0 Å². The van der Waals surface area contributed by atoms with Gasteiger partial charge >= 0.3 is 0 Å². The van der Waals surface area contributed by atoms with Gasteiger partial charge in [-0.25, -0.2) is 0 Å². The van der Waals surface area contributed by atoms with Crippen LogP contribution >= 0.6 is 0 Å². The predicted octanol–water partition coefficient (Wildman–Crippen LogP) is 3.34. The summed E-state index contributed by atoms with van der Waals surface area (Å²) in [5.74, 6) is 1.46. The fourth-order valence-electron chi connectivity index (χ4n) is 3.32. The monoisotopic (exact) mass is 356 g/mol. The molecule has 140 valence electrons. The largest absolute Gasteiger partial charge is 0.419 e. The molecule has 0 radical (unpaired) electrons. The van der Waals surface area contributed by atoms with Gasteiger partial charge < -0.3 is 9.73 Å². The van der Waals surface area contributed by atoms with Crippen molar-refractivity contribution in [3.8, 4) is 11.5 Å². The highest BCUT2D eigenvalue weighted by Gasteiger charge is 2.30. The van der Waals surface area contributed by atoms with Gasteiger partial charge in [0.2, 0.25) is 17.7 Å².